The van der Waals surface area contributed by atoms with Crippen molar-refractivity contribution >= 4 is 29.1 Å². The summed E-state index contributed by atoms with van der Waals surface area (Å²) in [5.41, 5.74) is 0.138. The number of nitrogens with zero attached hydrogens (tertiary/aromatic N) is 1. The van der Waals surface area contributed by atoms with Gasteiger partial charge in [-0.2, -0.15) is 0 Å². The van der Waals surface area contributed by atoms with E-state index in [4.69, 9.17) is 9.15 Å². The second-order valence-corrected chi connectivity index (χ2v) is 7.22. The molecule has 3 aromatic rings. The molecule has 0 bridgehead atoms. The van der Waals surface area contributed by atoms with Crippen LogP contribution in [-0.4, -0.2) is 11.0 Å². The van der Waals surface area contributed by atoms with Gasteiger partial charge in [-0.25, -0.2) is 18.6 Å². The van der Waals surface area contributed by atoms with Gasteiger partial charge in [0.1, 0.15) is 12.0 Å². The fourth-order valence-electron chi connectivity index (χ4n) is 1.90. The molecule has 134 valence electrons. The Morgan fingerprint density at radius 1 is 1.31 bits per heavy atom. The summed E-state index contributed by atoms with van der Waals surface area (Å²) in [5.74, 6) is -2.81. The number of aryl methyl sites for hydroxylation is 1. The van der Waals surface area contributed by atoms with Crippen molar-refractivity contribution in [3.05, 3.63) is 74.8 Å². The van der Waals surface area contributed by atoms with E-state index in [-0.39, 0.29) is 11.3 Å². The lowest BCUT2D eigenvalue weighted by Crippen LogP contribution is -2.15. The van der Waals surface area contributed by atoms with E-state index in [1.54, 1.807) is 0 Å². The first-order chi connectivity index (χ1) is 12.4. The molecule has 5 nitrogen and oxygen atoms in total. The third-order valence-electron chi connectivity index (χ3n) is 3.15. The van der Waals surface area contributed by atoms with Crippen molar-refractivity contribution in [1.82, 2.24) is 4.98 Å². The number of ether oxygens (including phenoxy) is 1. The number of hydrogen-bond acceptors (Lipinski definition) is 7. The maximum absolute atomic E-state index is 13.2. The van der Waals surface area contributed by atoms with Crippen molar-refractivity contribution in [2.45, 2.75) is 17.0 Å². The second kappa shape index (κ2) is 7.79. The van der Waals surface area contributed by atoms with Crippen LogP contribution >= 0.6 is 23.1 Å². The molecule has 0 N–H and O–H groups in total. The van der Waals surface area contributed by atoms with Crippen LogP contribution in [0.15, 0.2) is 49.5 Å². The Bertz CT molecular complexity index is 1020. The topological polar surface area (TPSA) is 69.4 Å². The predicted molar refractivity (Wildman–Crippen MR) is 92.7 cm³/mol. The Labute approximate surface area is 154 Å². The van der Waals surface area contributed by atoms with Crippen molar-refractivity contribution < 1.29 is 22.7 Å². The van der Waals surface area contributed by atoms with Gasteiger partial charge in [0.15, 0.2) is 16.0 Å². The Hall–Kier alpha value is -2.52. The van der Waals surface area contributed by atoms with Gasteiger partial charge in [0.05, 0.1) is 11.3 Å². The number of aromatic nitrogens is 1. The number of esters is 1. The molecule has 0 radical (unpaired) electrons. The van der Waals surface area contributed by atoms with E-state index in [0.717, 1.165) is 28.4 Å². The summed E-state index contributed by atoms with van der Waals surface area (Å²) in [7, 11) is 0. The third-order valence-corrected chi connectivity index (χ3v) is 5.31. The monoisotopic (exact) mass is 395 g/mol. The fraction of sp³-hybridized carbons (Fsp3) is 0.118. The van der Waals surface area contributed by atoms with Crippen LogP contribution in [-0.2, 0) is 5.75 Å². The summed E-state index contributed by atoms with van der Waals surface area (Å²) < 4.78 is 37.1. The van der Waals surface area contributed by atoms with Gasteiger partial charge in [0, 0.05) is 17.1 Å². The number of carbonyl (C=O) groups excluding carboxylic acids is 1. The number of rotatable bonds is 5. The molecule has 0 aliphatic heterocycles. The van der Waals surface area contributed by atoms with Gasteiger partial charge < -0.3 is 9.15 Å². The molecule has 0 unspecified atom stereocenters. The molecular weight excluding hydrogens is 384 g/mol. The van der Waals surface area contributed by atoms with Gasteiger partial charge >= 0.3 is 5.97 Å². The maximum atomic E-state index is 13.2. The van der Waals surface area contributed by atoms with E-state index in [1.165, 1.54) is 29.2 Å². The Balaban J connectivity index is 1.68. The molecule has 0 aliphatic rings. The molecule has 1 aromatic carbocycles. The maximum Gasteiger partial charge on any atom is 0.343 e. The number of hydrogen-bond donors (Lipinski definition) is 0. The fourth-order valence-corrected chi connectivity index (χ4v) is 3.64. The highest BCUT2D eigenvalue weighted by Gasteiger charge is 2.15. The summed E-state index contributed by atoms with van der Waals surface area (Å²) in [4.78, 5) is 28.3. The average molecular weight is 395 g/mol. The Morgan fingerprint density at radius 2 is 2.12 bits per heavy atom. The number of carbonyl (C=O) groups is 1. The molecule has 0 fully saturated rings. The lowest BCUT2D eigenvalue weighted by molar-refractivity contribution is 0.0728. The molecule has 3 rings (SSSR count). The van der Waals surface area contributed by atoms with E-state index in [9.17, 15) is 18.4 Å². The zero-order chi connectivity index (χ0) is 18.7. The molecule has 9 heteroatoms. The number of benzene rings is 1. The Morgan fingerprint density at radius 3 is 2.77 bits per heavy atom. The molecule has 0 spiro atoms. The highest BCUT2D eigenvalue weighted by Crippen LogP contribution is 2.26. The third kappa shape index (κ3) is 4.36. The molecule has 2 aromatic heterocycles. The van der Waals surface area contributed by atoms with Crippen molar-refractivity contribution in [1.29, 1.82) is 0 Å². The lowest BCUT2D eigenvalue weighted by Gasteiger charge is -2.04. The number of thiazole rings is 1. The first-order valence-electron chi connectivity index (χ1n) is 7.26. The van der Waals surface area contributed by atoms with E-state index >= 15 is 0 Å². The zero-order valence-corrected chi connectivity index (χ0v) is 15.0. The van der Waals surface area contributed by atoms with Crippen LogP contribution in [0, 0.1) is 18.6 Å². The number of thioether (sulfide) groups is 1. The van der Waals surface area contributed by atoms with Crippen molar-refractivity contribution in [2.75, 3.05) is 0 Å². The van der Waals surface area contributed by atoms with Crippen LogP contribution in [0.3, 0.4) is 0 Å². The van der Waals surface area contributed by atoms with E-state index in [1.807, 2.05) is 12.3 Å². The van der Waals surface area contributed by atoms with Gasteiger partial charge in [0.25, 0.3) is 0 Å². The zero-order valence-electron chi connectivity index (χ0n) is 13.3. The van der Waals surface area contributed by atoms with Crippen LogP contribution < -0.4 is 10.2 Å². The minimum Gasteiger partial charge on any atom is -0.464 e. The van der Waals surface area contributed by atoms with E-state index < -0.39 is 23.0 Å². The van der Waals surface area contributed by atoms with E-state index in [0.29, 0.717) is 17.6 Å². The molecule has 0 amide bonds. The molecule has 0 saturated carbocycles. The van der Waals surface area contributed by atoms with Gasteiger partial charge in [-0.1, -0.05) is 11.8 Å². The first-order valence-corrected chi connectivity index (χ1v) is 9.13. The summed E-state index contributed by atoms with van der Waals surface area (Å²) >= 11 is 2.90. The summed E-state index contributed by atoms with van der Waals surface area (Å²) in [5, 5.41) is 1.92. The standard InChI is InChI=1S/C17H11F2NO4S2/c1-9-7-25-17(20-9)26-8-11-5-14(21)15(6-23-11)24-16(22)10-2-3-12(18)13(19)4-10/h2-7H,8H2,1H3. The smallest absolute Gasteiger partial charge is 0.343 e. The first kappa shape index (κ1) is 18.3. The molecule has 2 heterocycles. The van der Waals surface area contributed by atoms with Gasteiger partial charge in [-0.15, -0.1) is 11.3 Å². The molecular formula is C17H11F2NO4S2. The van der Waals surface area contributed by atoms with Crippen molar-refractivity contribution in [3.63, 3.8) is 0 Å². The minimum absolute atomic E-state index is 0.220. The summed E-state index contributed by atoms with van der Waals surface area (Å²) in [6.45, 7) is 1.89. The lowest BCUT2D eigenvalue weighted by atomic mass is 10.2. The molecule has 0 atom stereocenters. The minimum atomic E-state index is -1.18. The van der Waals surface area contributed by atoms with E-state index in [2.05, 4.69) is 4.98 Å². The molecule has 0 saturated heterocycles. The largest absolute Gasteiger partial charge is 0.464 e. The van der Waals surface area contributed by atoms with Crippen LogP contribution in [0.25, 0.3) is 0 Å². The SMILES string of the molecule is Cc1csc(SCc2cc(=O)c(OC(=O)c3ccc(F)c(F)c3)co2)n1. The summed E-state index contributed by atoms with van der Waals surface area (Å²) in [6.07, 6.45) is 1.02. The highest BCUT2D eigenvalue weighted by atomic mass is 32.2. The van der Waals surface area contributed by atoms with Crippen LogP contribution in [0.5, 0.6) is 5.75 Å². The molecule has 0 aliphatic carbocycles. The van der Waals surface area contributed by atoms with Crippen LogP contribution in [0.4, 0.5) is 8.78 Å². The quantitative estimate of drug-likeness (QED) is 0.477. The predicted octanol–water partition coefficient (Wildman–Crippen LogP) is 4.19. The van der Waals surface area contributed by atoms with Crippen LogP contribution in [0.1, 0.15) is 21.8 Å². The molecule has 26 heavy (non-hydrogen) atoms. The van der Waals surface area contributed by atoms with Crippen molar-refractivity contribution in [2.24, 2.45) is 0 Å². The summed E-state index contributed by atoms with van der Waals surface area (Å²) in [6, 6.07) is 3.76. The van der Waals surface area contributed by atoms with Crippen molar-refractivity contribution in [3.8, 4) is 5.75 Å². The second-order valence-electron chi connectivity index (χ2n) is 5.14. The van der Waals surface area contributed by atoms with Gasteiger partial charge in [-0.3, -0.25) is 4.79 Å². The number of halogens is 2. The highest BCUT2D eigenvalue weighted by molar-refractivity contribution is 8.00. The Kier molecular flexibility index (Phi) is 5.48. The van der Waals surface area contributed by atoms with Crippen LogP contribution in [0.2, 0.25) is 0 Å². The van der Waals surface area contributed by atoms with Gasteiger partial charge in [0.2, 0.25) is 11.2 Å². The average Bonchev–Trinajstić information content (AvgIpc) is 3.03. The van der Waals surface area contributed by atoms with Gasteiger partial charge in [-0.05, 0) is 25.1 Å². The normalized spacial score (nSPS) is 10.7.